The predicted molar refractivity (Wildman–Crippen MR) is 60.2 cm³/mol. The normalized spacial score (nSPS) is 11.1. The summed E-state index contributed by atoms with van der Waals surface area (Å²) in [6, 6.07) is 3.50. The monoisotopic (exact) mass is 208 g/mol. The van der Waals surface area contributed by atoms with E-state index in [1.54, 1.807) is 18.3 Å². The van der Waals surface area contributed by atoms with Crippen molar-refractivity contribution in [3.05, 3.63) is 18.3 Å². The molecule has 0 saturated heterocycles. The maximum atomic E-state index is 10.8. The number of hydrogen-bond donors (Lipinski definition) is 3. The van der Waals surface area contributed by atoms with E-state index in [2.05, 4.69) is 10.3 Å². The van der Waals surface area contributed by atoms with Gasteiger partial charge in [0, 0.05) is 29.9 Å². The van der Waals surface area contributed by atoms with Crippen LogP contribution in [0.1, 0.15) is 20.3 Å². The molecular weight excluding hydrogens is 192 g/mol. The minimum atomic E-state index is -0.389. The third kappa shape index (κ3) is 3.84. The van der Waals surface area contributed by atoms with E-state index < -0.39 is 0 Å². The fourth-order valence-corrected chi connectivity index (χ4v) is 1.40. The van der Waals surface area contributed by atoms with E-state index in [0.717, 1.165) is 5.69 Å². The van der Waals surface area contributed by atoms with Crippen LogP contribution in [0.15, 0.2) is 18.3 Å². The van der Waals surface area contributed by atoms with Gasteiger partial charge in [0.25, 0.3) is 0 Å². The first-order valence-corrected chi connectivity index (χ1v) is 4.67. The Balaban J connectivity index is 2.72. The van der Waals surface area contributed by atoms with Gasteiger partial charge >= 0.3 is 0 Å². The number of nitrogens with zero attached hydrogens (tertiary/aromatic N) is 1. The topological polar surface area (TPSA) is 94.0 Å². The van der Waals surface area contributed by atoms with Gasteiger partial charge in [-0.2, -0.15) is 0 Å². The molecule has 0 aliphatic rings. The van der Waals surface area contributed by atoms with Crippen molar-refractivity contribution in [2.75, 3.05) is 11.1 Å². The molecule has 1 aromatic heterocycles. The molecule has 0 unspecified atom stereocenters. The molecule has 1 amide bonds. The van der Waals surface area contributed by atoms with Crippen molar-refractivity contribution >= 4 is 17.4 Å². The molecule has 0 aromatic carbocycles. The van der Waals surface area contributed by atoms with Crippen molar-refractivity contribution < 1.29 is 4.79 Å². The average Bonchev–Trinajstić information content (AvgIpc) is 1.99. The molecule has 1 aromatic rings. The number of carbonyl (C=O) groups excluding carboxylic acids is 1. The largest absolute Gasteiger partial charge is 0.384 e. The molecule has 0 aliphatic heterocycles. The molecule has 0 radical (unpaired) electrons. The summed E-state index contributed by atoms with van der Waals surface area (Å²) in [4.78, 5) is 14.7. The summed E-state index contributed by atoms with van der Waals surface area (Å²) >= 11 is 0. The number of aromatic nitrogens is 1. The summed E-state index contributed by atoms with van der Waals surface area (Å²) in [5.74, 6) is 0.101. The fourth-order valence-electron chi connectivity index (χ4n) is 1.40. The van der Waals surface area contributed by atoms with Gasteiger partial charge in [0.1, 0.15) is 5.82 Å². The summed E-state index contributed by atoms with van der Waals surface area (Å²) in [5, 5.41) is 3.17. The summed E-state index contributed by atoms with van der Waals surface area (Å²) in [6.45, 7) is 3.79. The van der Waals surface area contributed by atoms with Crippen LogP contribution in [0.3, 0.4) is 0 Å². The van der Waals surface area contributed by atoms with Crippen molar-refractivity contribution in [3.8, 4) is 0 Å². The van der Waals surface area contributed by atoms with Gasteiger partial charge in [-0.05, 0) is 19.9 Å². The molecule has 0 aliphatic carbocycles. The third-order valence-corrected chi connectivity index (χ3v) is 1.88. The lowest BCUT2D eigenvalue weighted by molar-refractivity contribution is -0.118. The quantitative estimate of drug-likeness (QED) is 0.679. The van der Waals surface area contributed by atoms with Gasteiger partial charge < -0.3 is 16.8 Å². The van der Waals surface area contributed by atoms with E-state index >= 15 is 0 Å². The van der Waals surface area contributed by atoms with Gasteiger partial charge in [-0.15, -0.1) is 0 Å². The lowest BCUT2D eigenvalue weighted by Gasteiger charge is -2.26. The predicted octanol–water partition coefficient (Wildman–Crippen LogP) is 0.730. The molecule has 0 saturated carbocycles. The highest BCUT2D eigenvalue weighted by Gasteiger charge is 2.20. The second-order valence-electron chi connectivity index (χ2n) is 4.12. The van der Waals surface area contributed by atoms with Gasteiger partial charge in [-0.25, -0.2) is 4.98 Å². The number of carbonyl (C=O) groups is 1. The molecular formula is C10H16N4O. The van der Waals surface area contributed by atoms with Crippen LogP contribution in [0.2, 0.25) is 0 Å². The number of anilines is 2. The average molecular weight is 208 g/mol. The first-order valence-electron chi connectivity index (χ1n) is 4.67. The van der Waals surface area contributed by atoms with Gasteiger partial charge in [-0.3, -0.25) is 4.79 Å². The van der Waals surface area contributed by atoms with E-state index in [1.165, 1.54) is 0 Å². The Morgan fingerprint density at radius 2 is 2.27 bits per heavy atom. The molecule has 5 N–H and O–H groups in total. The van der Waals surface area contributed by atoms with E-state index in [4.69, 9.17) is 11.5 Å². The van der Waals surface area contributed by atoms with Crippen LogP contribution in [-0.4, -0.2) is 16.4 Å². The van der Waals surface area contributed by atoms with Crippen LogP contribution in [0.25, 0.3) is 0 Å². The molecule has 0 fully saturated rings. The molecule has 5 heteroatoms. The Morgan fingerprint density at radius 3 is 2.80 bits per heavy atom. The van der Waals surface area contributed by atoms with E-state index in [9.17, 15) is 4.79 Å². The Hall–Kier alpha value is -1.78. The minimum absolute atomic E-state index is 0.259. The van der Waals surface area contributed by atoms with Crippen LogP contribution in [-0.2, 0) is 4.79 Å². The zero-order valence-corrected chi connectivity index (χ0v) is 8.95. The van der Waals surface area contributed by atoms with Crippen molar-refractivity contribution in [2.45, 2.75) is 25.8 Å². The molecule has 0 atom stereocenters. The first kappa shape index (κ1) is 11.3. The van der Waals surface area contributed by atoms with E-state index in [1.807, 2.05) is 13.8 Å². The number of primary amides is 1. The Bertz CT molecular complexity index is 362. The summed E-state index contributed by atoms with van der Waals surface area (Å²) in [6.07, 6.45) is 1.87. The highest BCUT2D eigenvalue weighted by Crippen LogP contribution is 2.18. The van der Waals surface area contributed by atoms with Gasteiger partial charge in [0.2, 0.25) is 5.91 Å². The van der Waals surface area contributed by atoms with Gasteiger partial charge in [-0.1, -0.05) is 0 Å². The number of rotatable bonds is 4. The van der Waals surface area contributed by atoms with E-state index in [-0.39, 0.29) is 17.9 Å². The van der Waals surface area contributed by atoms with Crippen LogP contribution >= 0.6 is 0 Å². The highest BCUT2D eigenvalue weighted by atomic mass is 16.1. The van der Waals surface area contributed by atoms with Crippen LogP contribution < -0.4 is 16.8 Å². The smallest absolute Gasteiger partial charge is 0.219 e. The summed E-state index contributed by atoms with van der Waals surface area (Å²) < 4.78 is 0. The number of nitrogens with two attached hydrogens (primary N) is 2. The highest BCUT2D eigenvalue weighted by molar-refractivity contribution is 5.75. The summed E-state index contributed by atoms with van der Waals surface area (Å²) in [7, 11) is 0. The Morgan fingerprint density at radius 1 is 1.60 bits per heavy atom. The zero-order valence-electron chi connectivity index (χ0n) is 8.95. The molecule has 82 valence electrons. The molecule has 1 heterocycles. The molecule has 15 heavy (non-hydrogen) atoms. The number of hydrogen-bond acceptors (Lipinski definition) is 4. The van der Waals surface area contributed by atoms with Gasteiger partial charge in [0.05, 0.1) is 0 Å². The summed E-state index contributed by atoms with van der Waals surface area (Å²) in [5.41, 5.74) is 11.1. The van der Waals surface area contributed by atoms with Crippen LogP contribution in [0.4, 0.5) is 11.5 Å². The van der Waals surface area contributed by atoms with Crippen LogP contribution in [0, 0.1) is 0 Å². The number of pyridine rings is 1. The molecule has 0 spiro atoms. The molecule has 1 rings (SSSR count). The van der Waals surface area contributed by atoms with Crippen LogP contribution in [0.5, 0.6) is 0 Å². The molecule has 0 bridgehead atoms. The third-order valence-electron chi connectivity index (χ3n) is 1.88. The number of nitrogen functional groups attached to an aromatic ring is 1. The van der Waals surface area contributed by atoms with Crippen molar-refractivity contribution in [2.24, 2.45) is 5.73 Å². The van der Waals surface area contributed by atoms with E-state index in [0.29, 0.717) is 5.82 Å². The Kier molecular flexibility index (Phi) is 3.14. The number of nitrogens with one attached hydrogen (secondary N) is 1. The fraction of sp³-hybridized carbons (Fsp3) is 0.400. The second kappa shape index (κ2) is 4.16. The zero-order chi connectivity index (χ0) is 11.5. The lowest BCUT2D eigenvalue weighted by Crippen LogP contribution is -2.36. The Labute approximate surface area is 88.9 Å². The number of amides is 1. The second-order valence-corrected chi connectivity index (χ2v) is 4.12. The SMILES string of the molecule is CC(C)(CC(N)=O)Nc1ccnc(N)c1. The maximum Gasteiger partial charge on any atom is 0.219 e. The van der Waals surface area contributed by atoms with Crippen molar-refractivity contribution in [1.29, 1.82) is 0 Å². The van der Waals surface area contributed by atoms with Gasteiger partial charge in [0.15, 0.2) is 0 Å². The minimum Gasteiger partial charge on any atom is -0.384 e. The van der Waals surface area contributed by atoms with Crippen molar-refractivity contribution in [1.82, 2.24) is 4.98 Å². The standard InChI is InChI=1S/C10H16N4O/c1-10(2,6-9(12)15)14-7-3-4-13-8(11)5-7/h3-5H,6H2,1-2H3,(H2,12,15)(H3,11,13,14). The molecule has 5 nitrogen and oxygen atoms in total. The van der Waals surface area contributed by atoms with Crippen molar-refractivity contribution in [3.63, 3.8) is 0 Å². The first-order chi connectivity index (χ1) is 6.89. The lowest BCUT2D eigenvalue weighted by atomic mass is 10.00. The maximum absolute atomic E-state index is 10.8.